The smallest absolute Gasteiger partial charge is 0.339 e. The van der Waals surface area contributed by atoms with E-state index in [1.165, 1.54) is 0 Å². The number of carbonyl (C=O) groups excluding carboxylic acids is 2. The Hall–Kier alpha value is -4.00. The molecule has 0 atom stereocenters. The summed E-state index contributed by atoms with van der Waals surface area (Å²) in [6.45, 7) is 1.49. The summed E-state index contributed by atoms with van der Waals surface area (Å²) in [6, 6.07) is 18.1. The zero-order chi connectivity index (χ0) is 20.2. The number of esters is 1. The highest BCUT2D eigenvalue weighted by Crippen LogP contribution is 2.24. The number of imidazole rings is 1. The van der Waals surface area contributed by atoms with E-state index in [0.717, 1.165) is 16.6 Å². The summed E-state index contributed by atoms with van der Waals surface area (Å²) in [5.74, 6) is -0.102. The van der Waals surface area contributed by atoms with Crippen LogP contribution in [0, 0.1) is 6.92 Å². The summed E-state index contributed by atoms with van der Waals surface area (Å²) < 4.78 is 5.20. The lowest BCUT2D eigenvalue weighted by Crippen LogP contribution is -2.21. The van der Waals surface area contributed by atoms with Crippen molar-refractivity contribution in [3.63, 3.8) is 0 Å². The number of nitrogens with one attached hydrogen (secondary N) is 2. The van der Waals surface area contributed by atoms with Gasteiger partial charge in [0.2, 0.25) is 0 Å². The molecule has 0 radical (unpaired) electrons. The first-order chi connectivity index (χ1) is 14.1. The van der Waals surface area contributed by atoms with Crippen molar-refractivity contribution in [3.05, 3.63) is 78.0 Å². The van der Waals surface area contributed by atoms with E-state index in [4.69, 9.17) is 4.74 Å². The molecule has 2 aromatic carbocycles. The molecular formula is C22H18N4O3. The van der Waals surface area contributed by atoms with Crippen molar-refractivity contribution in [1.82, 2.24) is 15.0 Å². The Balaban J connectivity index is 1.47. The number of aryl methyl sites for hydroxylation is 1. The largest absolute Gasteiger partial charge is 0.452 e. The Bertz CT molecular complexity index is 1150. The van der Waals surface area contributed by atoms with Crippen LogP contribution in [0.5, 0.6) is 0 Å². The normalized spacial score (nSPS) is 10.7. The summed E-state index contributed by atoms with van der Waals surface area (Å²) in [7, 11) is 0. The quantitative estimate of drug-likeness (QED) is 0.510. The van der Waals surface area contributed by atoms with Crippen LogP contribution in [0.4, 0.5) is 5.82 Å². The van der Waals surface area contributed by atoms with E-state index in [1.54, 1.807) is 30.5 Å². The number of benzene rings is 2. The number of aromatic amines is 1. The third-order valence-electron chi connectivity index (χ3n) is 4.30. The molecule has 0 unspecified atom stereocenters. The lowest BCUT2D eigenvalue weighted by atomic mass is 10.1. The SMILES string of the molecule is Cc1ccc(NC(=O)COC(=O)c2ccccc2-c2nc3ccccc3[nH]2)nc1. The number of carbonyl (C=O) groups is 2. The van der Waals surface area contributed by atoms with Gasteiger partial charge in [0, 0.05) is 11.8 Å². The van der Waals surface area contributed by atoms with Crippen LogP contribution in [0.15, 0.2) is 66.9 Å². The van der Waals surface area contributed by atoms with E-state index in [0.29, 0.717) is 22.8 Å². The Labute approximate surface area is 166 Å². The third-order valence-corrected chi connectivity index (χ3v) is 4.30. The molecule has 2 aromatic heterocycles. The first kappa shape index (κ1) is 18.4. The molecule has 0 spiro atoms. The molecule has 4 rings (SSSR count). The molecule has 0 aliphatic carbocycles. The number of hydrogen-bond donors (Lipinski definition) is 2. The monoisotopic (exact) mass is 386 g/mol. The number of H-pyrrole nitrogens is 1. The van der Waals surface area contributed by atoms with E-state index in [2.05, 4.69) is 20.3 Å². The maximum Gasteiger partial charge on any atom is 0.339 e. The van der Waals surface area contributed by atoms with Crippen molar-refractivity contribution in [2.24, 2.45) is 0 Å². The van der Waals surface area contributed by atoms with Crippen LogP contribution in [0.3, 0.4) is 0 Å². The molecule has 0 saturated carbocycles. The summed E-state index contributed by atoms with van der Waals surface area (Å²) in [5.41, 5.74) is 3.59. The lowest BCUT2D eigenvalue weighted by Gasteiger charge is -2.08. The zero-order valence-corrected chi connectivity index (χ0v) is 15.7. The van der Waals surface area contributed by atoms with Crippen molar-refractivity contribution in [2.75, 3.05) is 11.9 Å². The highest BCUT2D eigenvalue weighted by molar-refractivity contribution is 5.99. The van der Waals surface area contributed by atoms with Gasteiger partial charge in [-0.05, 0) is 36.8 Å². The van der Waals surface area contributed by atoms with Crippen molar-refractivity contribution in [1.29, 1.82) is 0 Å². The minimum Gasteiger partial charge on any atom is -0.452 e. The first-order valence-electron chi connectivity index (χ1n) is 9.04. The molecule has 7 nitrogen and oxygen atoms in total. The van der Waals surface area contributed by atoms with Gasteiger partial charge in [0.05, 0.1) is 16.6 Å². The number of hydrogen-bond acceptors (Lipinski definition) is 5. The molecule has 29 heavy (non-hydrogen) atoms. The predicted octanol–water partition coefficient (Wildman–Crippen LogP) is 3.73. The second-order valence-corrected chi connectivity index (χ2v) is 6.49. The Morgan fingerprint density at radius 3 is 2.62 bits per heavy atom. The number of nitrogens with zero attached hydrogens (tertiary/aromatic N) is 2. The molecule has 0 aliphatic heterocycles. The molecule has 144 valence electrons. The van der Waals surface area contributed by atoms with Gasteiger partial charge in [-0.1, -0.05) is 36.4 Å². The number of rotatable bonds is 5. The zero-order valence-electron chi connectivity index (χ0n) is 15.7. The molecule has 1 amide bonds. The van der Waals surface area contributed by atoms with Crippen LogP contribution < -0.4 is 5.32 Å². The summed E-state index contributed by atoms with van der Waals surface area (Å²) in [4.78, 5) is 36.5. The lowest BCUT2D eigenvalue weighted by molar-refractivity contribution is -0.119. The van der Waals surface area contributed by atoms with Gasteiger partial charge in [0.25, 0.3) is 5.91 Å². The van der Waals surface area contributed by atoms with Crippen LogP contribution >= 0.6 is 0 Å². The second kappa shape index (κ2) is 7.93. The minimum atomic E-state index is -0.604. The fourth-order valence-corrected chi connectivity index (χ4v) is 2.88. The molecular weight excluding hydrogens is 368 g/mol. The molecule has 4 aromatic rings. The number of ether oxygens (including phenoxy) is 1. The number of anilines is 1. The van der Waals surface area contributed by atoms with Crippen LogP contribution in [-0.4, -0.2) is 33.4 Å². The van der Waals surface area contributed by atoms with Crippen LogP contribution in [0.2, 0.25) is 0 Å². The van der Waals surface area contributed by atoms with Crippen LogP contribution in [0.1, 0.15) is 15.9 Å². The standard InChI is InChI=1S/C22H18N4O3/c1-14-10-11-19(23-12-14)26-20(27)13-29-22(28)16-7-3-2-6-15(16)21-24-17-8-4-5-9-18(17)25-21/h2-12H,13H2,1H3,(H,24,25)(H,23,26,27). The number of para-hydroxylation sites is 2. The van der Waals surface area contributed by atoms with Gasteiger partial charge in [-0.15, -0.1) is 0 Å². The molecule has 0 bridgehead atoms. The highest BCUT2D eigenvalue weighted by Gasteiger charge is 2.17. The van der Waals surface area contributed by atoms with Crippen molar-refractivity contribution < 1.29 is 14.3 Å². The maximum absolute atomic E-state index is 12.6. The van der Waals surface area contributed by atoms with Gasteiger partial charge in [0.1, 0.15) is 11.6 Å². The second-order valence-electron chi connectivity index (χ2n) is 6.49. The first-order valence-corrected chi connectivity index (χ1v) is 9.04. The Morgan fingerprint density at radius 2 is 1.83 bits per heavy atom. The van der Waals surface area contributed by atoms with Crippen molar-refractivity contribution >= 4 is 28.7 Å². The molecule has 7 heteroatoms. The Morgan fingerprint density at radius 1 is 1.03 bits per heavy atom. The van der Waals surface area contributed by atoms with E-state index in [1.807, 2.05) is 43.3 Å². The summed E-state index contributed by atoms with van der Waals surface area (Å²) in [5, 5.41) is 2.59. The molecule has 0 aliphatic rings. The minimum absolute atomic E-state index is 0.327. The summed E-state index contributed by atoms with van der Waals surface area (Å²) >= 11 is 0. The van der Waals surface area contributed by atoms with Gasteiger partial charge in [-0.25, -0.2) is 14.8 Å². The number of amides is 1. The summed E-state index contributed by atoms with van der Waals surface area (Å²) in [6.07, 6.45) is 1.64. The maximum atomic E-state index is 12.6. The Kier molecular flexibility index (Phi) is 5.03. The van der Waals surface area contributed by atoms with Crippen molar-refractivity contribution in [2.45, 2.75) is 6.92 Å². The topological polar surface area (TPSA) is 97.0 Å². The van der Waals surface area contributed by atoms with E-state index in [-0.39, 0.29) is 0 Å². The predicted molar refractivity (Wildman–Crippen MR) is 109 cm³/mol. The molecule has 2 heterocycles. The van der Waals surface area contributed by atoms with Gasteiger partial charge in [-0.3, -0.25) is 4.79 Å². The van der Waals surface area contributed by atoms with Crippen LogP contribution in [-0.2, 0) is 9.53 Å². The number of pyridine rings is 1. The average Bonchev–Trinajstić information content (AvgIpc) is 3.18. The fourth-order valence-electron chi connectivity index (χ4n) is 2.88. The average molecular weight is 386 g/mol. The van der Waals surface area contributed by atoms with E-state index in [9.17, 15) is 9.59 Å². The van der Waals surface area contributed by atoms with Crippen LogP contribution in [0.25, 0.3) is 22.4 Å². The van der Waals surface area contributed by atoms with Gasteiger partial charge in [0.15, 0.2) is 6.61 Å². The fraction of sp³-hybridized carbons (Fsp3) is 0.0909. The van der Waals surface area contributed by atoms with E-state index < -0.39 is 18.5 Å². The number of aromatic nitrogens is 3. The van der Waals surface area contributed by atoms with Gasteiger partial charge < -0.3 is 15.0 Å². The van der Waals surface area contributed by atoms with Gasteiger partial charge in [-0.2, -0.15) is 0 Å². The van der Waals surface area contributed by atoms with Gasteiger partial charge >= 0.3 is 5.97 Å². The van der Waals surface area contributed by atoms with E-state index >= 15 is 0 Å². The highest BCUT2D eigenvalue weighted by atomic mass is 16.5. The molecule has 0 saturated heterocycles. The molecule has 0 fully saturated rings. The number of fused-ring (bicyclic) bond motifs is 1. The third kappa shape index (κ3) is 4.14. The molecule has 2 N–H and O–H groups in total. The van der Waals surface area contributed by atoms with Crippen molar-refractivity contribution in [3.8, 4) is 11.4 Å².